The second-order valence-electron chi connectivity index (χ2n) is 12.5. The lowest BCUT2D eigenvalue weighted by Crippen LogP contribution is -2.16. The van der Waals surface area contributed by atoms with Crippen LogP contribution in [0.25, 0.3) is 11.1 Å². The van der Waals surface area contributed by atoms with Gasteiger partial charge >= 0.3 is 0 Å². The predicted octanol–water partition coefficient (Wildman–Crippen LogP) is 11.7. The molecule has 2 aromatic rings. The summed E-state index contributed by atoms with van der Waals surface area (Å²) in [7, 11) is 0. The summed E-state index contributed by atoms with van der Waals surface area (Å²) < 4.78 is 0. The summed E-state index contributed by atoms with van der Waals surface area (Å²) in [6.07, 6.45) is 22.6. The molecule has 198 valence electrons. The molecule has 36 heavy (non-hydrogen) atoms. The Kier molecular flexibility index (Phi) is 11.0. The molecule has 0 radical (unpaired) electrons. The Morgan fingerprint density at radius 1 is 0.583 bits per heavy atom. The molecule has 0 spiro atoms. The molecule has 1 unspecified atom stereocenters. The average Bonchev–Trinajstić information content (AvgIpc) is 2.95. The smallest absolute Gasteiger partial charge is 0.0162 e. The van der Waals surface area contributed by atoms with E-state index in [1.54, 1.807) is 11.1 Å². The van der Waals surface area contributed by atoms with E-state index in [0.29, 0.717) is 0 Å². The van der Waals surface area contributed by atoms with Crippen LogP contribution in [-0.4, -0.2) is 0 Å². The summed E-state index contributed by atoms with van der Waals surface area (Å²) in [6, 6.07) is 19.2. The number of unbranched alkanes of at least 4 members (excludes halogenated alkanes) is 2. The lowest BCUT2D eigenvalue weighted by Gasteiger charge is -2.31. The van der Waals surface area contributed by atoms with Crippen molar-refractivity contribution in [3.05, 3.63) is 59.7 Å². The molecule has 2 aliphatic carbocycles. The molecule has 0 bridgehead atoms. The molecular weight excluding hydrogens is 432 g/mol. The van der Waals surface area contributed by atoms with E-state index in [1.807, 2.05) is 0 Å². The van der Waals surface area contributed by atoms with Gasteiger partial charge < -0.3 is 0 Å². The van der Waals surface area contributed by atoms with E-state index < -0.39 is 0 Å². The zero-order chi connectivity index (χ0) is 25.2. The lowest BCUT2D eigenvalue weighted by molar-refractivity contribution is 0.256. The van der Waals surface area contributed by atoms with Gasteiger partial charge in [-0.25, -0.2) is 0 Å². The molecule has 4 rings (SSSR count). The van der Waals surface area contributed by atoms with Gasteiger partial charge in [-0.2, -0.15) is 0 Å². The van der Waals surface area contributed by atoms with Gasteiger partial charge in [0.15, 0.2) is 0 Å². The Balaban J connectivity index is 1.26. The molecule has 2 fully saturated rings. The number of rotatable bonds is 12. The summed E-state index contributed by atoms with van der Waals surface area (Å²) in [5.41, 5.74) is 5.90. The number of benzene rings is 2. The van der Waals surface area contributed by atoms with Crippen LogP contribution < -0.4 is 0 Å². The molecule has 0 N–H and O–H groups in total. The van der Waals surface area contributed by atoms with E-state index in [1.165, 1.54) is 114 Å². The van der Waals surface area contributed by atoms with Crippen molar-refractivity contribution in [3.8, 4) is 11.1 Å². The zero-order valence-electron chi connectivity index (χ0n) is 23.8. The van der Waals surface area contributed by atoms with Crippen LogP contribution >= 0.6 is 0 Å². The molecule has 0 heteroatoms. The van der Waals surface area contributed by atoms with E-state index in [9.17, 15) is 0 Å². The van der Waals surface area contributed by atoms with Crippen molar-refractivity contribution in [1.29, 1.82) is 0 Å². The first-order chi connectivity index (χ1) is 17.7. The highest BCUT2D eigenvalue weighted by Gasteiger charge is 2.25. The van der Waals surface area contributed by atoms with Crippen molar-refractivity contribution < 1.29 is 0 Å². The molecule has 2 aliphatic rings. The quantitative estimate of drug-likeness (QED) is 0.280. The van der Waals surface area contributed by atoms with E-state index in [2.05, 4.69) is 69.3 Å². The van der Waals surface area contributed by atoms with Crippen molar-refractivity contribution >= 4 is 0 Å². The standard InChI is InChI=1S/C36H54/c1-4-7-9-28(6-3)27-30-13-17-32(18-14-30)34-21-25-36(26-22-34)35-23-19-33(20-24-35)31-15-11-29(12-16-31)10-8-5-2/h19-26,28-32H,4-18,27H2,1-3H3. The van der Waals surface area contributed by atoms with Crippen molar-refractivity contribution in [2.45, 2.75) is 135 Å². The molecule has 1 atom stereocenters. The first-order valence-corrected chi connectivity index (χ1v) is 15.9. The normalized spacial score (nSPS) is 25.5. The van der Waals surface area contributed by atoms with Crippen LogP contribution in [0.5, 0.6) is 0 Å². The van der Waals surface area contributed by atoms with Gasteiger partial charge in [-0.3, -0.25) is 0 Å². The van der Waals surface area contributed by atoms with Gasteiger partial charge in [0.05, 0.1) is 0 Å². The summed E-state index contributed by atoms with van der Waals surface area (Å²) >= 11 is 0. The van der Waals surface area contributed by atoms with Gasteiger partial charge in [0, 0.05) is 0 Å². The fourth-order valence-corrected chi connectivity index (χ4v) is 7.36. The van der Waals surface area contributed by atoms with E-state index >= 15 is 0 Å². The van der Waals surface area contributed by atoms with E-state index in [0.717, 1.165) is 29.6 Å². The maximum atomic E-state index is 2.43. The molecule has 0 aromatic heterocycles. The van der Waals surface area contributed by atoms with E-state index in [4.69, 9.17) is 0 Å². The summed E-state index contributed by atoms with van der Waals surface area (Å²) in [5, 5.41) is 0. The summed E-state index contributed by atoms with van der Waals surface area (Å²) in [6.45, 7) is 7.06. The largest absolute Gasteiger partial charge is 0.0654 e. The summed E-state index contributed by atoms with van der Waals surface area (Å²) in [4.78, 5) is 0. The number of hydrogen-bond donors (Lipinski definition) is 0. The maximum absolute atomic E-state index is 2.43. The first kappa shape index (κ1) is 27.5. The third-order valence-electron chi connectivity index (χ3n) is 9.97. The lowest BCUT2D eigenvalue weighted by atomic mass is 9.74. The van der Waals surface area contributed by atoms with E-state index in [-0.39, 0.29) is 0 Å². The van der Waals surface area contributed by atoms with Gasteiger partial charge in [0.1, 0.15) is 0 Å². The Morgan fingerprint density at radius 3 is 1.50 bits per heavy atom. The van der Waals surface area contributed by atoms with Crippen LogP contribution in [0.2, 0.25) is 0 Å². The Morgan fingerprint density at radius 2 is 1.06 bits per heavy atom. The molecule has 0 aliphatic heterocycles. The highest BCUT2D eigenvalue weighted by atomic mass is 14.3. The van der Waals surface area contributed by atoms with Gasteiger partial charge in [-0.05, 0) is 110 Å². The van der Waals surface area contributed by atoms with Gasteiger partial charge in [-0.15, -0.1) is 0 Å². The van der Waals surface area contributed by atoms with Gasteiger partial charge in [-0.1, -0.05) is 114 Å². The fourth-order valence-electron chi connectivity index (χ4n) is 7.36. The van der Waals surface area contributed by atoms with Crippen molar-refractivity contribution in [2.75, 3.05) is 0 Å². The topological polar surface area (TPSA) is 0 Å². The third kappa shape index (κ3) is 7.72. The van der Waals surface area contributed by atoms with Crippen molar-refractivity contribution in [1.82, 2.24) is 0 Å². The Hall–Kier alpha value is -1.56. The number of hydrogen-bond acceptors (Lipinski definition) is 0. The van der Waals surface area contributed by atoms with Crippen LogP contribution in [0.4, 0.5) is 0 Å². The van der Waals surface area contributed by atoms with Crippen LogP contribution in [0.1, 0.15) is 146 Å². The van der Waals surface area contributed by atoms with Crippen molar-refractivity contribution in [3.63, 3.8) is 0 Å². The molecule has 0 nitrogen and oxygen atoms in total. The van der Waals surface area contributed by atoms with Crippen LogP contribution in [0.15, 0.2) is 48.5 Å². The molecule has 2 saturated carbocycles. The van der Waals surface area contributed by atoms with Crippen LogP contribution in [0.3, 0.4) is 0 Å². The highest BCUT2D eigenvalue weighted by Crippen LogP contribution is 2.40. The van der Waals surface area contributed by atoms with Crippen molar-refractivity contribution in [2.24, 2.45) is 17.8 Å². The first-order valence-electron chi connectivity index (χ1n) is 15.9. The molecular formula is C36H54. The molecule has 0 amide bonds. The SMILES string of the molecule is CCCCC1CCC(c2ccc(-c3ccc(C4CCC(CC(CC)CCCC)CC4)cc3)cc2)CC1. The Labute approximate surface area is 223 Å². The zero-order valence-corrected chi connectivity index (χ0v) is 23.8. The fraction of sp³-hybridized carbons (Fsp3) is 0.667. The highest BCUT2D eigenvalue weighted by molar-refractivity contribution is 5.64. The average molecular weight is 487 g/mol. The Bertz CT molecular complexity index is 844. The van der Waals surface area contributed by atoms with Gasteiger partial charge in [0.2, 0.25) is 0 Å². The third-order valence-corrected chi connectivity index (χ3v) is 9.97. The molecule has 0 heterocycles. The maximum Gasteiger partial charge on any atom is -0.0162 e. The predicted molar refractivity (Wildman–Crippen MR) is 159 cm³/mol. The minimum atomic E-state index is 0.779. The van der Waals surface area contributed by atoms with Crippen LogP contribution in [0, 0.1) is 17.8 Å². The minimum Gasteiger partial charge on any atom is -0.0654 e. The van der Waals surface area contributed by atoms with Crippen LogP contribution in [-0.2, 0) is 0 Å². The van der Waals surface area contributed by atoms with Gasteiger partial charge in [0.25, 0.3) is 0 Å². The second kappa shape index (κ2) is 14.4. The second-order valence-corrected chi connectivity index (χ2v) is 12.5. The molecule has 2 aromatic carbocycles. The monoisotopic (exact) mass is 486 g/mol. The molecule has 0 saturated heterocycles. The summed E-state index contributed by atoms with van der Waals surface area (Å²) in [5.74, 6) is 4.51. The minimum absolute atomic E-state index is 0.779.